The summed E-state index contributed by atoms with van der Waals surface area (Å²) in [6, 6.07) is 7.91. The van der Waals surface area contributed by atoms with Crippen LogP contribution >= 0.6 is 0 Å². The van der Waals surface area contributed by atoms with Crippen molar-refractivity contribution < 1.29 is 17.9 Å². The summed E-state index contributed by atoms with van der Waals surface area (Å²) in [5.74, 6) is -0.812. The number of hydrogen-bond acceptors (Lipinski definition) is 5. The van der Waals surface area contributed by atoms with Gasteiger partial charge < -0.3 is 4.74 Å². The lowest BCUT2D eigenvalue weighted by Crippen LogP contribution is -2.36. The van der Waals surface area contributed by atoms with Crippen LogP contribution in [0.3, 0.4) is 0 Å². The molecule has 1 unspecified atom stereocenters. The van der Waals surface area contributed by atoms with Crippen molar-refractivity contribution in [1.82, 2.24) is 0 Å². The van der Waals surface area contributed by atoms with E-state index in [2.05, 4.69) is 4.40 Å². The van der Waals surface area contributed by atoms with E-state index >= 15 is 0 Å². The summed E-state index contributed by atoms with van der Waals surface area (Å²) in [6.07, 6.45) is 0. The minimum absolute atomic E-state index is 0.000716. The van der Waals surface area contributed by atoms with E-state index in [-0.39, 0.29) is 22.8 Å². The van der Waals surface area contributed by atoms with Gasteiger partial charge in [-0.15, -0.1) is 0 Å². The Balaban J connectivity index is 2.65. The molecule has 0 amide bonds. The van der Waals surface area contributed by atoms with Crippen LogP contribution in [0.15, 0.2) is 33.6 Å². The molecule has 2 rings (SSSR count). The Morgan fingerprint density at radius 1 is 1.45 bits per heavy atom. The Morgan fingerprint density at radius 2 is 2.10 bits per heavy atom. The van der Waals surface area contributed by atoms with Gasteiger partial charge in [0.1, 0.15) is 0 Å². The van der Waals surface area contributed by atoms with E-state index < -0.39 is 21.4 Å². The molecule has 0 bridgehead atoms. The number of esters is 1. The highest BCUT2D eigenvalue weighted by Gasteiger charge is 2.46. The van der Waals surface area contributed by atoms with Crippen molar-refractivity contribution in [1.29, 1.82) is 5.26 Å². The van der Waals surface area contributed by atoms with E-state index in [0.29, 0.717) is 0 Å². The number of carbonyl (C=O) groups excluding carboxylic acids is 1. The predicted molar refractivity (Wildman–Crippen MR) is 70.5 cm³/mol. The molecule has 1 aromatic rings. The van der Waals surface area contributed by atoms with E-state index in [1.807, 2.05) is 6.07 Å². The van der Waals surface area contributed by atoms with Crippen LogP contribution in [0.1, 0.15) is 19.4 Å². The second-order valence-corrected chi connectivity index (χ2v) is 5.94. The van der Waals surface area contributed by atoms with Crippen LogP contribution in [0.2, 0.25) is 0 Å². The Morgan fingerprint density at radius 3 is 2.70 bits per heavy atom. The Kier molecular flexibility index (Phi) is 3.36. The zero-order valence-electron chi connectivity index (χ0n) is 11.0. The lowest BCUT2D eigenvalue weighted by molar-refractivity contribution is -0.147. The van der Waals surface area contributed by atoms with Crippen molar-refractivity contribution in [2.45, 2.75) is 18.7 Å². The Bertz CT molecular complexity index is 746. The van der Waals surface area contributed by atoms with Gasteiger partial charge in [-0.25, -0.2) is 4.79 Å². The molecule has 1 heterocycles. The van der Waals surface area contributed by atoms with Gasteiger partial charge in [-0.2, -0.15) is 18.1 Å². The largest absolute Gasteiger partial charge is 0.465 e. The smallest absolute Gasteiger partial charge is 0.332 e. The van der Waals surface area contributed by atoms with Gasteiger partial charge in [-0.1, -0.05) is 18.2 Å². The van der Waals surface area contributed by atoms with Crippen LogP contribution in [0.5, 0.6) is 0 Å². The molecule has 0 N–H and O–H groups in total. The molecule has 0 aromatic heterocycles. The molecular weight excluding hydrogens is 280 g/mol. The first-order valence-electron chi connectivity index (χ1n) is 5.90. The zero-order valence-corrected chi connectivity index (χ0v) is 11.8. The summed E-state index contributed by atoms with van der Waals surface area (Å²) >= 11 is 0. The third-order valence-corrected chi connectivity index (χ3v) is 4.35. The number of sulfonamides is 1. The average Bonchev–Trinajstić information content (AvgIpc) is 2.71. The molecule has 104 valence electrons. The summed E-state index contributed by atoms with van der Waals surface area (Å²) in [5, 5.41) is 9.31. The lowest BCUT2D eigenvalue weighted by atomic mass is 9.83. The van der Waals surface area contributed by atoms with Gasteiger partial charge in [0, 0.05) is 5.56 Å². The summed E-state index contributed by atoms with van der Waals surface area (Å²) in [6.45, 7) is 3.01. The van der Waals surface area contributed by atoms with Crippen LogP contribution in [-0.2, 0) is 19.6 Å². The van der Waals surface area contributed by atoms with E-state index in [9.17, 15) is 18.5 Å². The highest BCUT2D eigenvalue weighted by Crippen LogP contribution is 2.35. The molecule has 0 fully saturated rings. The highest BCUT2D eigenvalue weighted by atomic mass is 32.2. The molecule has 0 saturated heterocycles. The number of fused-ring (bicyclic) bond motifs is 1. The molecule has 0 spiro atoms. The fourth-order valence-corrected chi connectivity index (χ4v) is 3.25. The standard InChI is InChI=1S/C13H12N2O4S/c1-3-19-12(16)13(2,8-14)11-9-6-4-5-7-10(9)20(17,18)15-11/h4-7H,3H2,1-2H3. The van der Waals surface area contributed by atoms with Crippen LogP contribution in [0.25, 0.3) is 0 Å². The number of carbonyl (C=O) groups is 1. The first kappa shape index (κ1) is 14.2. The van der Waals surface area contributed by atoms with E-state index in [4.69, 9.17) is 4.74 Å². The second-order valence-electron chi connectivity index (χ2n) is 4.37. The first-order valence-corrected chi connectivity index (χ1v) is 7.34. The number of nitriles is 1. The number of ether oxygens (including phenoxy) is 1. The van der Waals surface area contributed by atoms with Crippen molar-refractivity contribution in [3.8, 4) is 6.07 Å². The summed E-state index contributed by atoms with van der Waals surface area (Å²) < 4.78 is 32.4. The second kappa shape index (κ2) is 4.72. The fraction of sp³-hybridized carbons (Fsp3) is 0.308. The highest BCUT2D eigenvalue weighted by molar-refractivity contribution is 7.90. The third-order valence-electron chi connectivity index (χ3n) is 3.01. The molecule has 6 nitrogen and oxygen atoms in total. The molecule has 1 aliphatic heterocycles. The van der Waals surface area contributed by atoms with Gasteiger partial charge in [-0.3, -0.25) is 0 Å². The zero-order chi connectivity index (χ0) is 15.0. The maximum absolute atomic E-state index is 12.0. The molecule has 20 heavy (non-hydrogen) atoms. The quantitative estimate of drug-likeness (QED) is 0.781. The molecule has 0 aliphatic carbocycles. The molecule has 1 aromatic carbocycles. The monoisotopic (exact) mass is 292 g/mol. The number of rotatable bonds is 3. The number of hydrogen-bond donors (Lipinski definition) is 0. The van der Waals surface area contributed by atoms with Crippen LogP contribution in [0, 0.1) is 16.7 Å². The van der Waals surface area contributed by atoms with Crippen LogP contribution < -0.4 is 0 Å². The maximum Gasteiger partial charge on any atom is 0.332 e. The van der Waals surface area contributed by atoms with Gasteiger partial charge >= 0.3 is 5.97 Å². The average molecular weight is 292 g/mol. The first-order chi connectivity index (χ1) is 9.36. The molecule has 1 atom stereocenters. The topological polar surface area (TPSA) is 96.6 Å². The van der Waals surface area contributed by atoms with Crippen molar-refractivity contribution >= 4 is 21.7 Å². The van der Waals surface area contributed by atoms with E-state index in [1.165, 1.54) is 19.1 Å². The van der Waals surface area contributed by atoms with Gasteiger partial charge in [0.15, 0.2) is 5.41 Å². The molecular formula is C13H12N2O4S. The van der Waals surface area contributed by atoms with Gasteiger partial charge in [-0.05, 0) is 19.9 Å². The third kappa shape index (κ3) is 1.98. The Labute approximate surface area is 116 Å². The molecule has 1 aliphatic rings. The van der Waals surface area contributed by atoms with E-state index in [1.54, 1.807) is 19.1 Å². The lowest BCUT2D eigenvalue weighted by Gasteiger charge is -2.19. The number of benzene rings is 1. The minimum Gasteiger partial charge on any atom is -0.465 e. The summed E-state index contributed by atoms with van der Waals surface area (Å²) in [5.41, 5.74) is -1.57. The van der Waals surface area contributed by atoms with Crippen molar-refractivity contribution in [2.75, 3.05) is 6.61 Å². The predicted octanol–water partition coefficient (Wildman–Crippen LogP) is 1.27. The van der Waals surface area contributed by atoms with Crippen LogP contribution in [0.4, 0.5) is 0 Å². The summed E-state index contributed by atoms with van der Waals surface area (Å²) in [7, 11) is -3.87. The van der Waals surface area contributed by atoms with Gasteiger partial charge in [0.25, 0.3) is 10.0 Å². The maximum atomic E-state index is 12.0. The molecule has 0 radical (unpaired) electrons. The van der Waals surface area contributed by atoms with Gasteiger partial charge in [0.2, 0.25) is 0 Å². The van der Waals surface area contributed by atoms with Crippen molar-refractivity contribution in [2.24, 2.45) is 9.81 Å². The number of nitrogens with zero attached hydrogens (tertiary/aromatic N) is 2. The normalized spacial score (nSPS) is 18.4. The van der Waals surface area contributed by atoms with Crippen molar-refractivity contribution in [3.63, 3.8) is 0 Å². The van der Waals surface area contributed by atoms with Gasteiger partial charge in [0.05, 0.1) is 23.3 Å². The SMILES string of the molecule is CCOC(=O)C(C)(C#N)C1=NS(=O)(=O)c2ccccc21. The van der Waals surface area contributed by atoms with E-state index in [0.717, 1.165) is 0 Å². The summed E-state index contributed by atoms with van der Waals surface area (Å²) in [4.78, 5) is 12.0. The molecule has 0 saturated carbocycles. The fourth-order valence-electron chi connectivity index (χ4n) is 1.94. The van der Waals surface area contributed by atoms with Crippen molar-refractivity contribution in [3.05, 3.63) is 29.8 Å². The van der Waals surface area contributed by atoms with Crippen LogP contribution in [-0.4, -0.2) is 26.7 Å². The molecule has 7 heteroatoms. The Hall–Kier alpha value is -2.20. The minimum atomic E-state index is -3.87.